The molecule has 0 aromatic heterocycles. The molecule has 0 aliphatic heterocycles. The minimum atomic E-state index is -3.04. The molecule has 0 heterocycles. The van der Waals surface area contributed by atoms with Gasteiger partial charge in [-0.05, 0) is 30.5 Å². The molecule has 0 atom stereocenters. The van der Waals surface area contributed by atoms with E-state index < -0.39 is 7.60 Å². The highest BCUT2D eigenvalue weighted by Crippen LogP contribution is 2.51. The molecule has 120 valence electrons. The van der Waals surface area contributed by atoms with Crippen molar-refractivity contribution in [1.29, 1.82) is 0 Å². The topological polar surface area (TPSA) is 47.6 Å². The second-order valence-electron chi connectivity index (χ2n) is 5.09. The lowest BCUT2D eigenvalue weighted by molar-refractivity contribution is 0.199. The van der Waals surface area contributed by atoms with Gasteiger partial charge in [0.1, 0.15) is 0 Å². The maximum Gasteiger partial charge on any atom is 0.335 e. The van der Waals surface area contributed by atoms with Gasteiger partial charge in [-0.1, -0.05) is 38.8 Å². The maximum atomic E-state index is 12.8. The lowest BCUT2D eigenvalue weighted by atomic mass is 10.2. The van der Waals surface area contributed by atoms with Gasteiger partial charge < -0.3 is 14.4 Å². The highest BCUT2D eigenvalue weighted by Gasteiger charge is 2.24. The van der Waals surface area contributed by atoms with Crippen molar-refractivity contribution in [2.75, 3.05) is 25.6 Å². The summed E-state index contributed by atoms with van der Waals surface area (Å²) >= 11 is 0. The van der Waals surface area contributed by atoms with Crippen LogP contribution in [0.25, 0.3) is 0 Å². The van der Waals surface area contributed by atoms with E-state index in [0.29, 0.717) is 19.4 Å². The first kappa shape index (κ1) is 18.2. The summed E-state index contributed by atoms with van der Waals surface area (Å²) in [5, 5.41) is 3.07. The van der Waals surface area contributed by atoms with Crippen LogP contribution in [0, 0.1) is 0 Å². The molecule has 0 saturated heterocycles. The van der Waals surface area contributed by atoms with Crippen LogP contribution >= 0.6 is 7.60 Å². The van der Waals surface area contributed by atoms with E-state index >= 15 is 0 Å². The van der Waals surface area contributed by atoms with Crippen LogP contribution in [0.3, 0.4) is 0 Å². The van der Waals surface area contributed by atoms with E-state index in [1.807, 2.05) is 31.3 Å². The Balaban J connectivity index is 2.66. The van der Waals surface area contributed by atoms with E-state index in [0.717, 1.165) is 36.9 Å². The maximum absolute atomic E-state index is 12.8. The Hall–Kier alpha value is -0.830. The fourth-order valence-corrected chi connectivity index (χ4v) is 3.55. The molecule has 21 heavy (non-hydrogen) atoms. The molecule has 5 heteroatoms. The van der Waals surface area contributed by atoms with Gasteiger partial charge in [-0.2, -0.15) is 0 Å². The van der Waals surface area contributed by atoms with Crippen molar-refractivity contribution < 1.29 is 13.6 Å². The molecular formula is C16H28NO3P. The van der Waals surface area contributed by atoms with E-state index in [1.165, 1.54) is 0 Å². The molecular weight excluding hydrogens is 285 g/mol. The molecule has 0 radical (unpaired) electrons. The number of hydrogen-bond donors (Lipinski definition) is 1. The van der Waals surface area contributed by atoms with Crippen LogP contribution in [0.5, 0.6) is 0 Å². The Morgan fingerprint density at radius 1 is 1.00 bits per heavy atom. The third-order valence-electron chi connectivity index (χ3n) is 3.19. The zero-order valence-electron chi connectivity index (χ0n) is 13.4. The fourth-order valence-electron chi connectivity index (χ4n) is 1.82. The van der Waals surface area contributed by atoms with Crippen molar-refractivity contribution in [2.45, 2.75) is 45.7 Å². The average molecular weight is 313 g/mol. The van der Waals surface area contributed by atoms with Crippen LogP contribution in [0.4, 0.5) is 5.69 Å². The van der Waals surface area contributed by atoms with Crippen LogP contribution in [0.15, 0.2) is 24.3 Å². The highest BCUT2D eigenvalue weighted by molar-refractivity contribution is 7.53. The van der Waals surface area contributed by atoms with Crippen molar-refractivity contribution in [2.24, 2.45) is 0 Å². The third-order valence-corrected chi connectivity index (χ3v) is 5.09. The largest absolute Gasteiger partial charge is 0.388 e. The molecule has 0 unspecified atom stereocenters. The number of anilines is 1. The Kier molecular flexibility index (Phi) is 8.67. The molecule has 0 amide bonds. The van der Waals surface area contributed by atoms with E-state index in [2.05, 4.69) is 19.2 Å². The van der Waals surface area contributed by atoms with Gasteiger partial charge in [0.15, 0.2) is 0 Å². The van der Waals surface area contributed by atoms with Crippen molar-refractivity contribution in [1.82, 2.24) is 0 Å². The fraction of sp³-hybridized carbons (Fsp3) is 0.625. The smallest absolute Gasteiger partial charge is 0.335 e. The SMILES string of the molecule is CCCCOP(=O)(Cc1ccc(NC)cc1)OCCCC. The molecule has 1 aromatic carbocycles. The van der Waals surface area contributed by atoms with Gasteiger partial charge in [0.05, 0.1) is 19.4 Å². The predicted molar refractivity (Wildman–Crippen MR) is 89.0 cm³/mol. The zero-order chi connectivity index (χ0) is 15.6. The Morgan fingerprint density at radius 2 is 1.52 bits per heavy atom. The van der Waals surface area contributed by atoms with Crippen LogP contribution in [0.1, 0.15) is 45.1 Å². The van der Waals surface area contributed by atoms with Crippen molar-refractivity contribution in [3.63, 3.8) is 0 Å². The lowest BCUT2D eigenvalue weighted by Crippen LogP contribution is -2.02. The first-order valence-corrected chi connectivity index (χ1v) is 9.51. The Morgan fingerprint density at radius 3 is 1.95 bits per heavy atom. The highest BCUT2D eigenvalue weighted by atomic mass is 31.2. The number of hydrogen-bond acceptors (Lipinski definition) is 4. The molecule has 0 bridgehead atoms. The van der Waals surface area contributed by atoms with E-state index in [1.54, 1.807) is 0 Å². The molecule has 0 aliphatic carbocycles. The molecule has 0 saturated carbocycles. The minimum Gasteiger partial charge on any atom is -0.388 e. The average Bonchev–Trinajstić information content (AvgIpc) is 2.48. The van der Waals surface area contributed by atoms with E-state index in [4.69, 9.17) is 9.05 Å². The van der Waals surface area contributed by atoms with Gasteiger partial charge in [0.2, 0.25) is 0 Å². The molecule has 1 aromatic rings. The lowest BCUT2D eigenvalue weighted by Gasteiger charge is -2.19. The first-order valence-electron chi connectivity index (χ1n) is 7.78. The summed E-state index contributed by atoms with van der Waals surface area (Å²) in [5.41, 5.74) is 2.01. The molecule has 0 fully saturated rings. The molecule has 0 spiro atoms. The quantitative estimate of drug-likeness (QED) is 0.458. The van der Waals surface area contributed by atoms with E-state index in [9.17, 15) is 4.57 Å². The van der Waals surface area contributed by atoms with Gasteiger partial charge in [-0.3, -0.25) is 4.57 Å². The summed E-state index contributed by atoms with van der Waals surface area (Å²) in [6.07, 6.45) is 4.18. The van der Waals surface area contributed by atoms with Crippen molar-refractivity contribution in [3.8, 4) is 0 Å². The summed E-state index contributed by atoms with van der Waals surface area (Å²) < 4.78 is 24.0. The number of nitrogens with one attached hydrogen (secondary N) is 1. The van der Waals surface area contributed by atoms with Crippen molar-refractivity contribution >= 4 is 13.3 Å². The first-order chi connectivity index (χ1) is 10.1. The summed E-state index contributed by atoms with van der Waals surface area (Å²) in [5.74, 6) is 0. The molecule has 1 rings (SSSR count). The van der Waals surface area contributed by atoms with Crippen LogP contribution in [-0.2, 0) is 19.8 Å². The standard InChI is InChI=1S/C16H28NO3P/c1-4-6-12-19-21(18,20-13-7-5-2)14-15-8-10-16(17-3)11-9-15/h8-11,17H,4-7,12-14H2,1-3H3. The summed E-state index contributed by atoms with van der Waals surface area (Å²) in [4.78, 5) is 0. The Labute approximate surface area is 128 Å². The summed E-state index contributed by atoms with van der Waals surface area (Å²) in [6, 6.07) is 7.87. The monoisotopic (exact) mass is 313 g/mol. The molecule has 0 aliphatic rings. The number of rotatable bonds is 11. The predicted octanol–water partition coefficient (Wildman–Crippen LogP) is 5.05. The van der Waals surface area contributed by atoms with Gasteiger partial charge >= 0.3 is 7.60 Å². The zero-order valence-corrected chi connectivity index (χ0v) is 14.3. The molecule has 4 nitrogen and oxygen atoms in total. The van der Waals surface area contributed by atoms with Gasteiger partial charge in [0, 0.05) is 12.7 Å². The second kappa shape index (κ2) is 9.99. The van der Waals surface area contributed by atoms with Crippen LogP contribution in [0.2, 0.25) is 0 Å². The third kappa shape index (κ3) is 7.12. The molecule has 1 N–H and O–H groups in total. The number of benzene rings is 1. The summed E-state index contributed by atoms with van der Waals surface area (Å²) in [7, 11) is -1.17. The van der Waals surface area contributed by atoms with Crippen LogP contribution < -0.4 is 5.32 Å². The van der Waals surface area contributed by atoms with Gasteiger partial charge in [0.25, 0.3) is 0 Å². The second-order valence-corrected chi connectivity index (χ2v) is 7.14. The van der Waals surface area contributed by atoms with Crippen LogP contribution in [-0.4, -0.2) is 20.3 Å². The number of unbranched alkanes of at least 4 members (excludes halogenated alkanes) is 2. The Bertz CT molecular complexity index is 420. The normalized spacial score (nSPS) is 11.6. The van der Waals surface area contributed by atoms with Crippen molar-refractivity contribution in [3.05, 3.63) is 29.8 Å². The summed E-state index contributed by atoms with van der Waals surface area (Å²) in [6.45, 7) is 5.16. The van der Waals surface area contributed by atoms with E-state index in [-0.39, 0.29) is 0 Å². The van der Waals surface area contributed by atoms with Gasteiger partial charge in [-0.25, -0.2) is 0 Å². The minimum absolute atomic E-state index is 0.338. The van der Waals surface area contributed by atoms with Gasteiger partial charge in [-0.15, -0.1) is 0 Å².